The Bertz CT molecular complexity index is 750. The van der Waals surface area contributed by atoms with Gasteiger partial charge in [0.05, 0.1) is 4.92 Å². The Kier molecular flexibility index (Phi) is 4.00. The number of hydrogen-bond donors (Lipinski definition) is 1. The normalized spacial score (nSPS) is 14.1. The number of hydrogen-bond acceptors (Lipinski definition) is 6. The molecule has 0 unspecified atom stereocenters. The van der Waals surface area contributed by atoms with Crippen LogP contribution < -0.4 is 10.2 Å². The average molecular weight is 321 g/mol. The maximum absolute atomic E-state index is 13.3. The molecule has 2 aromatic rings. The van der Waals surface area contributed by atoms with Gasteiger partial charge in [0.2, 0.25) is 11.6 Å². The summed E-state index contributed by atoms with van der Waals surface area (Å²) in [6, 6.07) is 3.13. The zero-order valence-electron chi connectivity index (χ0n) is 12.0. The second-order valence-corrected chi connectivity index (χ2v) is 5.10. The van der Waals surface area contributed by atoms with Gasteiger partial charge in [0.1, 0.15) is 6.33 Å². The van der Waals surface area contributed by atoms with Crippen LogP contribution in [0.3, 0.4) is 0 Å². The third-order valence-corrected chi connectivity index (χ3v) is 3.57. The third-order valence-electron chi connectivity index (χ3n) is 3.57. The van der Waals surface area contributed by atoms with E-state index >= 15 is 0 Å². The second-order valence-electron chi connectivity index (χ2n) is 5.10. The van der Waals surface area contributed by atoms with Crippen molar-refractivity contribution in [3.05, 3.63) is 46.3 Å². The molecule has 0 aliphatic carbocycles. The molecule has 1 fully saturated rings. The fraction of sp³-hybridized carbons (Fsp3) is 0.286. The first kappa shape index (κ1) is 15.1. The van der Waals surface area contributed by atoms with Crippen molar-refractivity contribution in [2.75, 3.05) is 23.3 Å². The Morgan fingerprint density at radius 3 is 2.57 bits per heavy atom. The van der Waals surface area contributed by atoms with E-state index in [2.05, 4.69) is 15.3 Å². The Hall–Kier alpha value is -2.84. The van der Waals surface area contributed by atoms with Crippen LogP contribution in [0.1, 0.15) is 12.8 Å². The van der Waals surface area contributed by atoms with Gasteiger partial charge >= 0.3 is 5.69 Å². The molecule has 1 aromatic carbocycles. The molecule has 0 spiro atoms. The quantitative estimate of drug-likeness (QED) is 0.688. The number of nitrogens with zero attached hydrogens (tertiary/aromatic N) is 4. The molecule has 0 bridgehead atoms. The zero-order chi connectivity index (χ0) is 16.4. The molecule has 0 amide bonds. The zero-order valence-corrected chi connectivity index (χ0v) is 12.0. The lowest BCUT2D eigenvalue weighted by Crippen LogP contribution is -2.21. The van der Waals surface area contributed by atoms with Gasteiger partial charge in [-0.15, -0.1) is 0 Å². The highest BCUT2D eigenvalue weighted by atomic mass is 19.2. The highest BCUT2D eigenvalue weighted by Crippen LogP contribution is 2.35. The Labute approximate surface area is 130 Å². The maximum Gasteiger partial charge on any atom is 0.353 e. The summed E-state index contributed by atoms with van der Waals surface area (Å²) < 4.78 is 26.2. The van der Waals surface area contributed by atoms with E-state index in [9.17, 15) is 18.9 Å². The number of benzene rings is 1. The van der Waals surface area contributed by atoms with Crippen molar-refractivity contribution in [2.45, 2.75) is 12.8 Å². The molecule has 1 aliphatic heterocycles. The predicted octanol–water partition coefficient (Wildman–Crippen LogP) is 3.01. The van der Waals surface area contributed by atoms with Crippen LogP contribution in [-0.2, 0) is 0 Å². The Balaban J connectivity index is 1.99. The van der Waals surface area contributed by atoms with Gasteiger partial charge in [0.15, 0.2) is 11.6 Å². The smallest absolute Gasteiger partial charge is 0.351 e. The van der Waals surface area contributed by atoms with Gasteiger partial charge in [0, 0.05) is 24.8 Å². The van der Waals surface area contributed by atoms with E-state index in [1.54, 1.807) is 0 Å². The van der Waals surface area contributed by atoms with Crippen LogP contribution in [0, 0.1) is 21.7 Å². The number of rotatable bonds is 4. The molecule has 1 saturated heterocycles. The van der Waals surface area contributed by atoms with E-state index in [-0.39, 0.29) is 23.0 Å². The van der Waals surface area contributed by atoms with Gasteiger partial charge in [-0.1, -0.05) is 0 Å². The summed E-state index contributed by atoms with van der Waals surface area (Å²) in [5, 5.41) is 14.1. The highest BCUT2D eigenvalue weighted by Gasteiger charge is 2.28. The largest absolute Gasteiger partial charge is 0.353 e. The molecule has 23 heavy (non-hydrogen) atoms. The number of aromatic nitrogens is 2. The first-order chi connectivity index (χ1) is 11.1. The molecule has 1 N–H and O–H groups in total. The van der Waals surface area contributed by atoms with Crippen LogP contribution >= 0.6 is 0 Å². The lowest BCUT2D eigenvalue weighted by Gasteiger charge is -2.17. The van der Waals surface area contributed by atoms with Crippen molar-refractivity contribution in [1.82, 2.24) is 9.97 Å². The van der Waals surface area contributed by atoms with Crippen LogP contribution in [0.15, 0.2) is 24.5 Å². The van der Waals surface area contributed by atoms with Crippen LogP contribution in [0.25, 0.3) is 0 Å². The van der Waals surface area contributed by atoms with Crippen LogP contribution in [-0.4, -0.2) is 28.0 Å². The molecule has 3 rings (SSSR count). The first-order valence-corrected chi connectivity index (χ1v) is 7.02. The Morgan fingerprint density at radius 2 is 1.91 bits per heavy atom. The van der Waals surface area contributed by atoms with Crippen LogP contribution in [0.4, 0.5) is 31.8 Å². The van der Waals surface area contributed by atoms with Gasteiger partial charge < -0.3 is 10.2 Å². The summed E-state index contributed by atoms with van der Waals surface area (Å²) in [4.78, 5) is 20.6. The second kappa shape index (κ2) is 6.11. The van der Waals surface area contributed by atoms with Crippen molar-refractivity contribution < 1.29 is 13.7 Å². The molecule has 1 aromatic heterocycles. The molecule has 120 valence electrons. The predicted molar refractivity (Wildman–Crippen MR) is 79.8 cm³/mol. The molecular weight excluding hydrogens is 308 g/mol. The molecular formula is C14H13F2N5O2. The van der Waals surface area contributed by atoms with Gasteiger partial charge in [-0.3, -0.25) is 10.1 Å². The maximum atomic E-state index is 13.3. The standard InChI is InChI=1S/C14H13F2N5O2/c15-10-4-3-9(7-11(10)16)19-13-12(21(22)23)14(18-8-17-13)20-5-1-2-6-20/h3-4,7-8H,1-2,5-6H2,(H,17,18,19). The van der Waals surface area contributed by atoms with Crippen LogP contribution in [0.5, 0.6) is 0 Å². The summed E-state index contributed by atoms with van der Waals surface area (Å²) in [6.45, 7) is 1.37. The molecule has 1 aliphatic rings. The van der Waals surface area contributed by atoms with Crippen LogP contribution in [0.2, 0.25) is 0 Å². The van der Waals surface area contributed by atoms with Crippen molar-refractivity contribution >= 4 is 23.0 Å². The summed E-state index contributed by atoms with van der Waals surface area (Å²) in [6.07, 6.45) is 3.09. The van der Waals surface area contributed by atoms with Crippen molar-refractivity contribution in [3.8, 4) is 0 Å². The SMILES string of the molecule is O=[N+]([O-])c1c(Nc2ccc(F)c(F)c2)ncnc1N1CCCC1. The Morgan fingerprint density at radius 1 is 1.17 bits per heavy atom. The summed E-state index contributed by atoms with van der Waals surface area (Å²) >= 11 is 0. The van der Waals surface area contributed by atoms with Gasteiger partial charge in [-0.2, -0.15) is 0 Å². The van der Waals surface area contributed by atoms with E-state index in [1.165, 1.54) is 12.4 Å². The van der Waals surface area contributed by atoms with Gasteiger partial charge in [0.25, 0.3) is 0 Å². The number of nitro groups is 1. The summed E-state index contributed by atoms with van der Waals surface area (Å²) in [5.74, 6) is -1.87. The van der Waals surface area contributed by atoms with E-state index < -0.39 is 16.6 Å². The topological polar surface area (TPSA) is 84.2 Å². The molecule has 9 heteroatoms. The average Bonchev–Trinajstić information content (AvgIpc) is 3.05. The lowest BCUT2D eigenvalue weighted by molar-refractivity contribution is -0.383. The number of anilines is 3. The highest BCUT2D eigenvalue weighted by molar-refractivity contribution is 5.74. The van der Waals surface area contributed by atoms with Crippen molar-refractivity contribution in [1.29, 1.82) is 0 Å². The molecule has 0 atom stereocenters. The van der Waals surface area contributed by atoms with Gasteiger partial charge in [-0.25, -0.2) is 18.7 Å². The monoisotopic (exact) mass is 321 g/mol. The molecule has 2 heterocycles. The fourth-order valence-corrected chi connectivity index (χ4v) is 2.50. The fourth-order valence-electron chi connectivity index (χ4n) is 2.50. The minimum absolute atomic E-state index is 0.0575. The molecule has 0 saturated carbocycles. The molecule has 7 nitrogen and oxygen atoms in total. The minimum atomic E-state index is -1.05. The number of halogens is 2. The molecule has 0 radical (unpaired) electrons. The summed E-state index contributed by atoms with van der Waals surface area (Å²) in [7, 11) is 0. The first-order valence-electron chi connectivity index (χ1n) is 7.02. The van der Waals surface area contributed by atoms with E-state index in [4.69, 9.17) is 0 Å². The third kappa shape index (κ3) is 3.03. The van der Waals surface area contributed by atoms with Crippen molar-refractivity contribution in [2.24, 2.45) is 0 Å². The van der Waals surface area contributed by atoms with E-state index in [0.717, 1.165) is 25.0 Å². The number of nitrogens with one attached hydrogen (secondary N) is 1. The minimum Gasteiger partial charge on any atom is -0.351 e. The summed E-state index contributed by atoms with van der Waals surface area (Å²) in [5.41, 5.74) is -0.114. The van der Waals surface area contributed by atoms with Crippen molar-refractivity contribution in [3.63, 3.8) is 0 Å². The van der Waals surface area contributed by atoms with E-state index in [0.29, 0.717) is 13.1 Å². The van der Waals surface area contributed by atoms with Gasteiger partial charge in [-0.05, 0) is 25.0 Å². The van der Waals surface area contributed by atoms with E-state index in [1.807, 2.05) is 4.90 Å². The lowest BCUT2D eigenvalue weighted by atomic mass is 10.3.